The summed E-state index contributed by atoms with van der Waals surface area (Å²) in [5, 5.41) is 0. The summed E-state index contributed by atoms with van der Waals surface area (Å²) in [6.07, 6.45) is 2.04. The van der Waals surface area contributed by atoms with Crippen LogP contribution in [-0.2, 0) is 0 Å². The molecular formula is C3H10ClNS. The van der Waals surface area contributed by atoms with E-state index >= 15 is 0 Å². The van der Waals surface area contributed by atoms with E-state index in [-0.39, 0.29) is 12.4 Å². The molecule has 0 aliphatic heterocycles. The molecule has 0 radical (unpaired) electrons. The second kappa shape index (κ2) is 5.60. The summed E-state index contributed by atoms with van der Waals surface area (Å²) in [6, 6.07) is 0. The Morgan fingerprint density at radius 2 is 1.50 bits per heavy atom. The Balaban J connectivity index is 0. The third kappa shape index (κ3) is 8.82. The third-order valence-corrected chi connectivity index (χ3v) is 1.10. The SMILES string of the molecule is CSN(C)C.Cl. The standard InChI is InChI=1S/C3H9NS.ClH/c1-4(2)5-3;/h1-3H3;1H. The van der Waals surface area contributed by atoms with Gasteiger partial charge < -0.3 is 0 Å². The maximum atomic E-state index is 2.04. The number of hydrogen-bond acceptors (Lipinski definition) is 2. The van der Waals surface area contributed by atoms with Gasteiger partial charge >= 0.3 is 0 Å². The van der Waals surface area contributed by atoms with Gasteiger partial charge in [0.05, 0.1) is 0 Å². The zero-order chi connectivity index (χ0) is 4.28. The maximum Gasteiger partial charge on any atom is -0.00286 e. The van der Waals surface area contributed by atoms with Crippen molar-refractivity contribution in [1.29, 1.82) is 0 Å². The van der Waals surface area contributed by atoms with Gasteiger partial charge in [-0.3, -0.25) is 4.31 Å². The van der Waals surface area contributed by atoms with Crippen LogP contribution in [0.1, 0.15) is 0 Å². The molecule has 0 aliphatic carbocycles. The molecule has 40 valence electrons. The first-order valence-electron chi connectivity index (χ1n) is 1.49. The molecule has 0 bridgehead atoms. The highest BCUT2D eigenvalue weighted by Gasteiger charge is 1.72. The summed E-state index contributed by atoms with van der Waals surface area (Å²) < 4.78 is 2.04. The number of nitrogens with zero attached hydrogens (tertiary/aromatic N) is 1. The summed E-state index contributed by atoms with van der Waals surface area (Å²) >= 11 is 1.71. The predicted molar refractivity (Wildman–Crippen MR) is 34.4 cm³/mol. The van der Waals surface area contributed by atoms with Gasteiger partial charge in [0, 0.05) is 0 Å². The van der Waals surface area contributed by atoms with E-state index in [4.69, 9.17) is 0 Å². The van der Waals surface area contributed by atoms with Gasteiger partial charge in [-0.1, -0.05) is 11.9 Å². The Labute approximate surface area is 49.6 Å². The van der Waals surface area contributed by atoms with Gasteiger partial charge in [0.15, 0.2) is 0 Å². The van der Waals surface area contributed by atoms with Crippen LogP contribution >= 0.6 is 24.4 Å². The summed E-state index contributed by atoms with van der Waals surface area (Å²) in [6.45, 7) is 0. The molecule has 0 fully saturated rings. The zero-order valence-corrected chi connectivity index (χ0v) is 5.90. The Kier molecular flexibility index (Phi) is 9.13. The molecule has 3 heteroatoms. The Bertz CT molecular complexity index is 24.8. The molecule has 0 atom stereocenters. The summed E-state index contributed by atoms with van der Waals surface area (Å²) in [7, 11) is 4.04. The first-order valence-corrected chi connectivity index (χ1v) is 2.67. The van der Waals surface area contributed by atoms with Crippen molar-refractivity contribution in [1.82, 2.24) is 4.31 Å². The number of rotatable bonds is 1. The summed E-state index contributed by atoms with van der Waals surface area (Å²) in [5.41, 5.74) is 0. The molecule has 1 nitrogen and oxygen atoms in total. The van der Waals surface area contributed by atoms with Gasteiger partial charge in [0.2, 0.25) is 0 Å². The molecule has 0 saturated carbocycles. The largest absolute Gasteiger partial charge is 0.257 e. The van der Waals surface area contributed by atoms with Gasteiger partial charge in [0.25, 0.3) is 0 Å². The van der Waals surface area contributed by atoms with Crippen LogP contribution in [0, 0.1) is 0 Å². The van der Waals surface area contributed by atoms with E-state index in [1.165, 1.54) is 0 Å². The Morgan fingerprint density at radius 1 is 1.33 bits per heavy atom. The number of hydrogen-bond donors (Lipinski definition) is 0. The van der Waals surface area contributed by atoms with Gasteiger partial charge in [-0.2, -0.15) is 0 Å². The minimum absolute atomic E-state index is 0. The summed E-state index contributed by atoms with van der Waals surface area (Å²) in [4.78, 5) is 0. The second-order valence-corrected chi connectivity index (χ2v) is 2.09. The normalized spacial score (nSPS) is 8.00. The average Bonchev–Trinajstić information content (AvgIpc) is 1.38. The van der Waals surface area contributed by atoms with Crippen molar-refractivity contribution in [3.8, 4) is 0 Å². The van der Waals surface area contributed by atoms with E-state index in [1.807, 2.05) is 24.7 Å². The van der Waals surface area contributed by atoms with Gasteiger partial charge in [-0.05, 0) is 20.4 Å². The highest BCUT2D eigenvalue weighted by atomic mass is 35.5. The van der Waals surface area contributed by atoms with Crippen LogP contribution in [0.15, 0.2) is 0 Å². The quantitative estimate of drug-likeness (QED) is 0.488. The molecule has 0 aromatic rings. The van der Waals surface area contributed by atoms with Gasteiger partial charge in [0.1, 0.15) is 0 Å². The van der Waals surface area contributed by atoms with Crippen molar-refractivity contribution >= 4 is 24.4 Å². The number of halogens is 1. The highest BCUT2D eigenvalue weighted by molar-refractivity contribution is 7.96. The summed E-state index contributed by atoms with van der Waals surface area (Å²) in [5.74, 6) is 0. The molecule has 6 heavy (non-hydrogen) atoms. The minimum Gasteiger partial charge on any atom is -0.257 e. The Hall–Kier alpha value is 0.600. The van der Waals surface area contributed by atoms with Gasteiger partial charge in [-0.25, -0.2) is 0 Å². The predicted octanol–water partition coefficient (Wildman–Crippen LogP) is 1.25. The van der Waals surface area contributed by atoms with Crippen LogP contribution in [0.3, 0.4) is 0 Å². The van der Waals surface area contributed by atoms with Crippen LogP contribution in [0.25, 0.3) is 0 Å². The smallest absolute Gasteiger partial charge is 0.00286 e. The van der Waals surface area contributed by atoms with E-state index in [2.05, 4.69) is 0 Å². The topological polar surface area (TPSA) is 3.24 Å². The fourth-order valence-corrected chi connectivity index (χ4v) is 0. The molecule has 0 aliphatic rings. The van der Waals surface area contributed by atoms with Crippen molar-refractivity contribution in [2.24, 2.45) is 0 Å². The molecule has 0 unspecified atom stereocenters. The first-order chi connectivity index (χ1) is 2.27. The van der Waals surface area contributed by atoms with Gasteiger partial charge in [-0.15, -0.1) is 12.4 Å². The fraction of sp³-hybridized carbons (Fsp3) is 1.00. The molecule has 0 rings (SSSR count). The molecule has 0 heterocycles. The van der Waals surface area contributed by atoms with Crippen molar-refractivity contribution < 1.29 is 0 Å². The first kappa shape index (κ1) is 9.78. The lowest BCUT2D eigenvalue weighted by atomic mass is 11.3. The molecule has 0 N–H and O–H groups in total. The third-order valence-electron chi connectivity index (χ3n) is 0.365. The fourth-order valence-electron chi connectivity index (χ4n) is 0. The second-order valence-electron chi connectivity index (χ2n) is 0.995. The van der Waals surface area contributed by atoms with E-state index in [1.54, 1.807) is 11.9 Å². The molecule has 0 spiro atoms. The van der Waals surface area contributed by atoms with E-state index in [0.717, 1.165) is 0 Å². The van der Waals surface area contributed by atoms with Crippen LogP contribution in [0.5, 0.6) is 0 Å². The lowest BCUT2D eigenvalue weighted by Crippen LogP contribution is -1.95. The van der Waals surface area contributed by atoms with Crippen molar-refractivity contribution in [2.75, 3.05) is 20.4 Å². The van der Waals surface area contributed by atoms with Crippen molar-refractivity contribution in [2.45, 2.75) is 0 Å². The van der Waals surface area contributed by atoms with Crippen LogP contribution in [0.4, 0.5) is 0 Å². The van der Waals surface area contributed by atoms with Crippen LogP contribution in [0.2, 0.25) is 0 Å². The molecule has 0 amide bonds. The molecule has 0 aromatic carbocycles. The van der Waals surface area contributed by atoms with Crippen molar-refractivity contribution in [3.05, 3.63) is 0 Å². The lowest BCUT2D eigenvalue weighted by molar-refractivity contribution is 0.706. The van der Waals surface area contributed by atoms with E-state index < -0.39 is 0 Å². The van der Waals surface area contributed by atoms with Crippen LogP contribution in [-0.4, -0.2) is 24.7 Å². The maximum absolute atomic E-state index is 2.04. The minimum atomic E-state index is 0. The van der Waals surface area contributed by atoms with E-state index in [9.17, 15) is 0 Å². The molecule has 0 saturated heterocycles. The molecule has 0 aromatic heterocycles. The molecular weight excluding hydrogens is 118 g/mol. The van der Waals surface area contributed by atoms with Crippen molar-refractivity contribution in [3.63, 3.8) is 0 Å². The zero-order valence-electron chi connectivity index (χ0n) is 4.26. The Morgan fingerprint density at radius 3 is 1.50 bits per heavy atom. The lowest BCUT2D eigenvalue weighted by Gasteiger charge is -1.98. The highest BCUT2D eigenvalue weighted by Crippen LogP contribution is 1.91. The monoisotopic (exact) mass is 127 g/mol. The van der Waals surface area contributed by atoms with E-state index in [0.29, 0.717) is 0 Å². The van der Waals surface area contributed by atoms with Crippen LogP contribution < -0.4 is 0 Å². The average molecular weight is 128 g/mol.